The Morgan fingerprint density at radius 1 is 1.26 bits per heavy atom. The van der Waals surface area contributed by atoms with Gasteiger partial charge in [0.25, 0.3) is 0 Å². The second-order valence-electron chi connectivity index (χ2n) is 4.02. The van der Waals surface area contributed by atoms with Gasteiger partial charge in [-0.25, -0.2) is 13.2 Å². The number of likely N-dealkylation sites (N-methyl/N-ethyl adjacent to an activating group) is 1. The van der Waals surface area contributed by atoms with E-state index < -0.39 is 23.5 Å². The van der Waals surface area contributed by atoms with E-state index >= 15 is 0 Å². The molecule has 1 unspecified atom stereocenters. The van der Waals surface area contributed by atoms with Crippen molar-refractivity contribution in [2.75, 3.05) is 7.05 Å². The molecule has 0 bridgehead atoms. The van der Waals surface area contributed by atoms with Gasteiger partial charge in [-0.15, -0.1) is 11.3 Å². The number of benzene rings is 1. The number of thiophene rings is 1. The lowest BCUT2D eigenvalue weighted by molar-refractivity contribution is 0.476. The summed E-state index contributed by atoms with van der Waals surface area (Å²) in [6, 6.07) is 2.73. The monoisotopic (exact) mass is 349 g/mol. The lowest BCUT2D eigenvalue weighted by Gasteiger charge is -2.17. The third-order valence-corrected chi connectivity index (χ3v) is 4.77. The maximum absolute atomic E-state index is 13.7. The SMILES string of the molecule is CNC(Cc1sccc1Br)c1c(F)cc(F)cc1F. The van der Waals surface area contributed by atoms with E-state index in [1.165, 1.54) is 11.3 Å². The van der Waals surface area contributed by atoms with Crippen molar-refractivity contribution in [2.45, 2.75) is 12.5 Å². The van der Waals surface area contributed by atoms with Crippen LogP contribution in [0.25, 0.3) is 0 Å². The summed E-state index contributed by atoms with van der Waals surface area (Å²) in [6.45, 7) is 0. The first-order valence-corrected chi connectivity index (χ1v) is 7.23. The van der Waals surface area contributed by atoms with E-state index in [4.69, 9.17) is 0 Å². The van der Waals surface area contributed by atoms with Gasteiger partial charge in [-0.2, -0.15) is 0 Å². The molecule has 1 N–H and O–H groups in total. The molecule has 1 aromatic carbocycles. The Labute approximate surface area is 121 Å². The average molecular weight is 350 g/mol. The van der Waals surface area contributed by atoms with Crippen LogP contribution in [0.15, 0.2) is 28.1 Å². The molecule has 1 atom stereocenters. The minimum Gasteiger partial charge on any atom is -0.313 e. The molecule has 0 aliphatic heterocycles. The van der Waals surface area contributed by atoms with Gasteiger partial charge in [0.15, 0.2) is 0 Å². The summed E-state index contributed by atoms with van der Waals surface area (Å²) in [6.07, 6.45) is 0.425. The third-order valence-electron chi connectivity index (χ3n) is 2.82. The zero-order valence-corrected chi connectivity index (χ0v) is 12.4. The fraction of sp³-hybridized carbons (Fsp3) is 0.231. The van der Waals surface area contributed by atoms with Crippen LogP contribution >= 0.6 is 27.3 Å². The van der Waals surface area contributed by atoms with Crippen LogP contribution < -0.4 is 5.32 Å². The molecule has 2 aromatic rings. The number of nitrogens with one attached hydrogen (secondary N) is 1. The van der Waals surface area contributed by atoms with Gasteiger partial charge in [0.05, 0.1) is 0 Å². The summed E-state index contributed by atoms with van der Waals surface area (Å²) in [5, 5.41) is 4.76. The van der Waals surface area contributed by atoms with E-state index in [9.17, 15) is 13.2 Å². The first kappa shape index (κ1) is 14.6. The highest BCUT2D eigenvalue weighted by atomic mass is 79.9. The minimum atomic E-state index is -0.911. The van der Waals surface area contributed by atoms with Crippen molar-refractivity contribution in [3.05, 3.63) is 55.9 Å². The fourth-order valence-electron chi connectivity index (χ4n) is 1.89. The van der Waals surface area contributed by atoms with Crippen molar-refractivity contribution in [3.63, 3.8) is 0 Å². The van der Waals surface area contributed by atoms with E-state index in [2.05, 4.69) is 21.2 Å². The van der Waals surface area contributed by atoms with Crippen molar-refractivity contribution in [1.82, 2.24) is 5.32 Å². The molecule has 102 valence electrons. The van der Waals surface area contributed by atoms with Crippen LogP contribution in [0.5, 0.6) is 0 Å². The Morgan fingerprint density at radius 3 is 2.37 bits per heavy atom. The molecule has 0 spiro atoms. The van der Waals surface area contributed by atoms with Crippen molar-refractivity contribution in [2.24, 2.45) is 0 Å². The maximum Gasteiger partial charge on any atom is 0.133 e. The second-order valence-corrected chi connectivity index (χ2v) is 5.88. The van der Waals surface area contributed by atoms with Crippen LogP contribution in [-0.2, 0) is 6.42 Å². The molecule has 0 amide bonds. The van der Waals surface area contributed by atoms with Gasteiger partial charge in [0.1, 0.15) is 17.5 Å². The zero-order chi connectivity index (χ0) is 14.0. The standard InChI is InChI=1S/C13H11BrF3NS/c1-18-11(6-12-8(14)2-3-19-12)13-9(16)4-7(15)5-10(13)17/h2-5,11,18H,6H2,1H3. The first-order chi connectivity index (χ1) is 9.02. The maximum atomic E-state index is 13.7. The molecule has 1 aromatic heterocycles. The van der Waals surface area contributed by atoms with Crippen molar-refractivity contribution < 1.29 is 13.2 Å². The molecular weight excluding hydrogens is 339 g/mol. The number of halogens is 4. The van der Waals surface area contributed by atoms with Gasteiger partial charge in [0.2, 0.25) is 0 Å². The highest BCUT2D eigenvalue weighted by Gasteiger charge is 2.21. The predicted octanol–water partition coefficient (Wildman–Crippen LogP) is 4.43. The lowest BCUT2D eigenvalue weighted by atomic mass is 10.0. The van der Waals surface area contributed by atoms with Crippen LogP contribution in [0.2, 0.25) is 0 Å². The number of rotatable bonds is 4. The Balaban J connectivity index is 2.35. The zero-order valence-electron chi connectivity index (χ0n) is 10.0. The molecule has 19 heavy (non-hydrogen) atoms. The second kappa shape index (κ2) is 6.07. The predicted molar refractivity (Wildman–Crippen MR) is 73.8 cm³/mol. The van der Waals surface area contributed by atoms with Crippen molar-refractivity contribution in [3.8, 4) is 0 Å². The Hall–Kier alpha value is -0.850. The summed E-state index contributed by atoms with van der Waals surface area (Å²) in [5.74, 6) is -2.65. The molecule has 0 fully saturated rings. The van der Waals surface area contributed by atoms with Crippen LogP contribution in [-0.4, -0.2) is 7.05 Å². The van der Waals surface area contributed by atoms with Gasteiger partial charge in [-0.1, -0.05) is 0 Å². The van der Waals surface area contributed by atoms with Crippen molar-refractivity contribution >= 4 is 27.3 Å². The van der Waals surface area contributed by atoms with Gasteiger partial charge in [-0.05, 0) is 34.4 Å². The largest absolute Gasteiger partial charge is 0.313 e. The topological polar surface area (TPSA) is 12.0 Å². The minimum absolute atomic E-state index is 0.135. The average Bonchev–Trinajstić information content (AvgIpc) is 2.72. The van der Waals surface area contributed by atoms with Crippen LogP contribution in [0.4, 0.5) is 13.2 Å². The molecule has 1 heterocycles. The summed E-state index contributed by atoms with van der Waals surface area (Å²) < 4.78 is 41.3. The molecule has 0 saturated carbocycles. The molecule has 0 radical (unpaired) electrons. The summed E-state index contributed by atoms with van der Waals surface area (Å²) >= 11 is 4.88. The molecule has 6 heteroatoms. The lowest BCUT2D eigenvalue weighted by Crippen LogP contribution is -2.21. The molecule has 0 saturated heterocycles. The Morgan fingerprint density at radius 2 is 1.89 bits per heavy atom. The van der Waals surface area contributed by atoms with Crippen LogP contribution in [0.1, 0.15) is 16.5 Å². The third kappa shape index (κ3) is 3.19. The summed E-state index contributed by atoms with van der Waals surface area (Å²) in [4.78, 5) is 0.975. The smallest absolute Gasteiger partial charge is 0.133 e. The van der Waals surface area contributed by atoms with E-state index in [0.717, 1.165) is 9.35 Å². The van der Waals surface area contributed by atoms with Gasteiger partial charge < -0.3 is 5.32 Å². The summed E-state index contributed by atoms with van der Waals surface area (Å²) in [7, 11) is 1.62. The highest BCUT2D eigenvalue weighted by Crippen LogP contribution is 2.30. The highest BCUT2D eigenvalue weighted by molar-refractivity contribution is 9.10. The van der Waals surface area contributed by atoms with E-state index in [1.807, 2.05) is 11.4 Å². The van der Waals surface area contributed by atoms with E-state index in [-0.39, 0.29) is 5.56 Å². The molecule has 1 nitrogen and oxygen atoms in total. The number of hydrogen-bond donors (Lipinski definition) is 1. The van der Waals surface area contributed by atoms with Gasteiger partial charge in [-0.3, -0.25) is 0 Å². The van der Waals surface area contributed by atoms with Gasteiger partial charge >= 0.3 is 0 Å². The van der Waals surface area contributed by atoms with E-state index in [0.29, 0.717) is 18.6 Å². The van der Waals surface area contributed by atoms with Gasteiger partial charge in [0, 0.05) is 39.5 Å². The number of hydrogen-bond acceptors (Lipinski definition) is 2. The van der Waals surface area contributed by atoms with E-state index in [1.54, 1.807) is 7.05 Å². The van der Waals surface area contributed by atoms with Crippen molar-refractivity contribution in [1.29, 1.82) is 0 Å². The quantitative estimate of drug-likeness (QED) is 0.860. The Kier molecular flexibility index (Phi) is 4.65. The normalized spacial score (nSPS) is 12.7. The molecule has 2 rings (SSSR count). The van der Waals surface area contributed by atoms with Crippen LogP contribution in [0.3, 0.4) is 0 Å². The first-order valence-electron chi connectivity index (χ1n) is 5.56. The molecule has 0 aliphatic carbocycles. The molecular formula is C13H11BrF3NS. The van der Waals surface area contributed by atoms with Crippen LogP contribution in [0, 0.1) is 17.5 Å². The summed E-state index contributed by atoms with van der Waals surface area (Å²) in [5.41, 5.74) is -0.135. The molecule has 0 aliphatic rings. The fourth-order valence-corrected chi connectivity index (χ4v) is 3.45. The Bertz CT molecular complexity index is 562.